The van der Waals surface area contributed by atoms with E-state index >= 15 is 0 Å². The summed E-state index contributed by atoms with van der Waals surface area (Å²) in [5, 5.41) is 4.26. The highest BCUT2D eigenvalue weighted by Crippen LogP contribution is 2.33. The SMILES string of the molecule is CCCc1cccc(NC2CN(C)C(=O)N2c2nc3ccccc3s2)c1. The molecule has 1 aliphatic heterocycles. The lowest BCUT2D eigenvalue weighted by molar-refractivity contribution is 0.229. The second kappa shape index (κ2) is 6.96. The Balaban J connectivity index is 1.63. The Labute approximate surface area is 157 Å². The molecule has 2 aromatic carbocycles. The van der Waals surface area contributed by atoms with E-state index in [1.165, 1.54) is 5.56 Å². The summed E-state index contributed by atoms with van der Waals surface area (Å²) in [5.74, 6) is 0. The van der Waals surface area contributed by atoms with Crippen molar-refractivity contribution in [1.82, 2.24) is 9.88 Å². The van der Waals surface area contributed by atoms with Crippen LogP contribution in [0.1, 0.15) is 18.9 Å². The monoisotopic (exact) mass is 366 g/mol. The number of carbonyl (C=O) groups is 1. The molecule has 1 atom stereocenters. The molecule has 6 heteroatoms. The van der Waals surface area contributed by atoms with Gasteiger partial charge >= 0.3 is 6.03 Å². The van der Waals surface area contributed by atoms with Gasteiger partial charge in [-0.15, -0.1) is 0 Å². The molecule has 2 amide bonds. The van der Waals surface area contributed by atoms with Crippen molar-refractivity contribution in [3.05, 3.63) is 54.1 Å². The van der Waals surface area contributed by atoms with Crippen LogP contribution in [0, 0.1) is 0 Å². The Morgan fingerprint density at radius 1 is 1.23 bits per heavy atom. The first-order valence-electron chi connectivity index (χ1n) is 8.91. The maximum atomic E-state index is 12.7. The summed E-state index contributed by atoms with van der Waals surface area (Å²) < 4.78 is 1.09. The van der Waals surface area contributed by atoms with Gasteiger partial charge in [-0.25, -0.2) is 14.7 Å². The number of nitrogens with one attached hydrogen (secondary N) is 1. The highest BCUT2D eigenvalue weighted by Gasteiger charge is 2.38. The fourth-order valence-electron chi connectivity index (χ4n) is 3.32. The number of hydrogen-bond donors (Lipinski definition) is 1. The highest BCUT2D eigenvalue weighted by atomic mass is 32.1. The van der Waals surface area contributed by atoms with Crippen LogP contribution in [0.25, 0.3) is 10.2 Å². The number of amides is 2. The molecule has 0 bridgehead atoms. The van der Waals surface area contributed by atoms with Crippen LogP contribution in [-0.2, 0) is 6.42 Å². The maximum Gasteiger partial charge on any atom is 0.327 e. The zero-order valence-electron chi connectivity index (χ0n) is 15.0. The van der Waals surface area contributed by atoms with Gasteiger partial charge in [-0.05, 0) is 36.2 Å². The number of fused-ring (bicyclic) bond motifs is 1. The number of likely N-dealkylation sites (N-methyl/N-ethyl adjacent to an activating group) is 1. The zero-order valence-corrected chi connectivity index (χ0v) is 15.8. The number of urea groups is 1. The molecule has 1 N–H and O–H groups in total. The van der Waals surface area contributed by atoms with Crippen molar-refractivity contribution in [1.29, 1.82) is 0 Å². The lowest BCUT2D eigenvalue weighted by Gasteiger charge is -2.22. The second-order valence-electron chi connectivity index (χ2n) is 6.61. The molecule has 4 rings (SSSR count). The van der Waals surface area contributed by atoms with Crippen LogP contribution in [0.2, 0.25) is 0 Å². The van der Waals surface area contributed by atoms with Gasteiger partial charge in [0.05, 0.1) is 16.8 Å². The van der Waals surface area contributed by atoms with E-state index < -0.39 is 0 Å². The van der Waals surface area contributed by atoms with Crippen LogP contribution in [0.3, 0.4) is 0 Å². The van der Waals surface area contributed by atoms with Crippen LogP contribution >= 0.6 is 11.3 Å². The Hall–Kier alpha value is -2.60. The number of benzene rings is 2. The topological polar surface area (TPSA) is 48.5 Å². The Bertz CT molecular complexity index is 905. The number of para-hydroxylation sites is 1. The minimum absolute atomic E-state index is 0.0220. The van der Waals surface area contributed by atoms with Crippen molar-refractivity contribution >= 4 is 38.4 Å². The fourth-order valence-corrected chi connectivity index (χ4v) is 4.33. The average Bonchev–Trinajstić information content (AvgIpc) is 3.16. The largest absolute Gasteiger partial charge is 0.363 e. The predicted molar refractivity (Wildman–Crippen MR) is 108 cm³/mol. The third-order valence-electron chi connectivity index (χ3n) is 4.58. The van der Waals surface area contributed by atoms with E-state index in [1.54, 1.807) is 21.1 Å². The Kier molecular flexibility index (Phi) is 4.51. The summed E-state index contributed by atoms with van der Waals surface area (Å²) in [5.41, 5.74) is 3.27. The summed E-state index contributed by atoms with van der Waals surface area (Å²) in [7, 11) is 1.83. The molecule has 0 spiro atoms. The van der Waals surface area contributed by atoms with Crippen molar-refractivity contribution < 1.29 is 4.79 Å². The quantitative estimate of drug-likeness (QED) is 0.720. The molecule has 1 unspecified atom stereocenters. The summed E-state index contributed by atoms with van der Waals surface area (Å²) in [6.45, 7) is 2.80. The van der Waals surface area contributed by atoms with E-state index in [1.807, 2.05) is 31.3 Å². The van der Waals surface area contributed by atoms with E-state index in [2.05, 4.69) is 41.5 Å². The lowest BCUT2D eigenvalue weighted by Crippen LogP contribution is -2.39. The van der Waals surface area contributed by atoms with Crippen molar-refractivity contribution in [3.8, 4) is 0 Å². The van der Waals surface area contributed by atoms with Crippen LogP contribution < -0.4 is 10.2 Å². The van der Waals surface area contributed by atoms with Crippen LogP contribution in [0.15, 0.2) is 48.5 Å². The zero-order chi connectivity index (χ0) is 18.1. The van der Waals surface area contributed by atoms with Crippen molar-refractivity contribution in [2.75, 3.05) is 23.8 Å². The molecular formula is C20H22N4OS. The molecule has 0 saturated carbocycles. The minimum atomic E-state index is -0.134. The molecule has 0 aliphatic carbocycles. The maximum absolute atomic E-state index is 12.7. The third-order valence-corrected chi connectivity index (χ3v) is 5.61. The van der Waals surface area contributed by atoms with Gasteiger partial charge in [-0.3, -0.25) is 0 Å². The number of hydrogen-bond acceptors (Lipinski definition) is 4. The lowest BCUT2D eigenvalue weighted by atomic mass is 10.1. The molecule has 3 aromatic rings. The summed E-state index contributed by atoms with van der Waals surface area (Å²) in [6, 6.07) is 16.4. The minimum Gasteiger partial charge on any atom is -0.363 e. The van der Waals surface area contributed by atoms with Crippen LogP contribution in [-0.4, -0.2) is 35.7 Å². The van der Waals surface area contributed by atoms with Crippen molar-refractivity contribution in [2.24, 2.45) is 0 Å². The number of thiazole rings is 1. The van der Waals surface area contributed by atoms with E-state index in [0.29, 0.717) is 6.54 Å². The molecule has 1 fully saturated rings. The standard InChI is InChI=1S/C20H22N4OS/c1-3-7-14-8-6-9-15(12-14)21-18-13-23(2)20(25)24(18)19-22-16-10-4-5-11-17(16)26-19/h4-6,8-12,18,21H,3,7,13H2,1-2H3. The molecule has 2 heterocycles. The molecule has 1 aliphatic rings. The third kappa shape index (κ3) is 3.12. The van der Waals surface area contributed by atoms with E-state index in [9.17, 15) is 4.79 Å². The molecular weight excluding hydrogens is 344 g/mol. The fraction of sp³-hybridized carbons (Fsp3) is 0.300. The summed E-state index contributed by atoms with van der Waals surface area (Å²) >= 11 is 1.55. The van der Waals surface area contributed by atoms with Gasteiger partial charge in [0.25, 0.3) is 0 Å². The van der Waals surface area contributed by atoms with Crippen molar-refractivity contribution in [2.45, 2.75) is 25.9 Å². The van der Waals surface area contributed by atoms with E-state index in [-0.39, 0.29) is 12.2 Å². The Morgan fingerprint density at radius 3 is 2.88 bits per heavy atom. The highest BCUT2D eigenvalue weighted by molar-refractivity contribution is 7.22. The van der Waals surface area contributed by atoms with Gasteiger partial charge in [-0.2, -0.15) is 0 Å². The smallest absolute Gasteiger partial charge is 0.327 e. The average molecular weight is 366 g/mol. The molecule has 1 saturated heterocycles. The number of rotatable bonds is 5. The first kappa shape index (κ1) is 16.8. The number of nitrogens with zero attached hydrogens (tertiary/aromatic N) is 3. The van der Waals surface area contributed by atoms with E-state index in [0.717, 1.165) is 33.9 Å². The van der Waals surface area contributed by atoms with Gasteiger partial charge < -0.3 is 10.2 Å². The summed E-state index contributed by atoms with van der Waals surface area (Å²) in [6.07, 6.45) is 2.04. The van der Waals surface area contributed by atoms with Crippen LogP contribution in [0.4, 0.5) is 15.6 Å². The van der Waals surface area contributed by atoms with Crippen LogP contribution in [0.5, 0.6) is 0 Å². The summed E-state index contributed by atoms with van der Waals surface area (Å²) in [4.78, 5) is 20.9. The second-order valence-corrected chi connectivity index (χ2v) is 7.62. The van der Waals surface area contributed by atoms with Gasteiger partial charge in [0.15, 0.2) is 5.13 Å². The van der Waals surface area contributed by atoms with E-state index in [4.69, 9.17) is 0 Å². The first-order chi connectivity index (χ1) is 12.7. The number of aromatic nitrogens is 1. The normalized spacial score (nSPS) is 17.3. The van der Waals surface area contributed by atoms with Gasteiger partial charge in [0.1, 0.15) is 6.17 Å². The van der Waals surface area contributed by atoms with Gasteiger partial charge in [0.2, 0.25) is 0 Å². The van der Waals surface area contributed by atoms with Crippen molar-refractivity contribution in [3.63, 3.8) is 0 Å². The molecule has 5 nitrogen and oxygen atoms in total. The Morgan fingerprint density at radius 2 is 2.08 bits per heavy atom. The predicted octanol–water partition coefficient (Wildman–Crippen LogP) is 4.56. The van der Waals surface area contributed by atoms with Gasteiger partial charge in [0, 0.05) is 12.7 Å². The molecule has 0 radical (unpaired) electrons. The first-order valence-corrected chi connectivity index (χ1v) is 9.72. The number of anilines is 2. The molecule has 26 heavy (non-hydrogen) atoms. The molecule has 134 valence electrons. The number of carbonyl (C=O) groups excluding carboxylic acids is 1. The molecule has 1 aromatic heterocycles. The number of aryl methyl sites for hydroxylation is 1. The van der Waals surface area contributed by atoms with Gasteiger partial charge in [-0.1, -0.05) is 48.9 Å².